The summed E-state index contributed by atoms with van der Waals surface area (Å²) < 4.78 is 36.3. The first-order chi connectivity index (χ1) is 7.37. The van der Waals surface area contributed by atoms with Gasteiger partial charge in [0, 0.05) is 39.1 Å². The molecule has 0 aliphatic carbocycles. The van der Waals surface area contributed by atoms with Crippen LogP contribution in [0.1, 0.15) is 6.42 Å². The Hall–Kier alpha value is -0.400. The second kappa shape index (κ2) is 5.79. The van der Waals surface area contributed by atoms with Gasteiger partial charge in [0.05, 0.1) is 11.5 Å². The molecule has 1 rings (SSSR count). The van der Waals surface area contributed by atoms with E-state index in [-0.39, 0.29) is 0 Å². The minimum atomic E-state index is -4.10. The summed E-state index contributed by atoms with van der Waals surface area (Å²) >= 11 is 4.75. The van der Waals surface area contributed by atoms with Crippen molar-refractivity contribution >= 4 is 17.2 Å². The van der Waals surface area contributed by atoms with Gasteiger partial charge >= 0.3 is 6.18 Å². The molecule has 7 heteroatoms. The van der Waals surface area contributed by atoms with Crippen LogP contribution in [0.3, 0.4) is 0 Å². The van der Waals surface area contributed by atoms with Crippen molar-refractivity contribution in [2.45, 2.75) is 12.6 Å². The molecular formula is C9H16F3N3S. The molecule has 0 aromatic heterocycles. The van der Waals surface area contributed by atoms with Crippen LogP contribution in [0.2, 0.25) is 0 Å². The largest absolute Gasteiger partial charge is 0.401 e. The highest BCUT2D eigenvalue weighted by Crippen LogP contribution is 2.17. The Morgan fingerprint density at radius 1 is 1.12 bits per heavy atom. The average molecular weight is 255 g/mol. The summed E-state index contributed by atoms with van der Waals surface area (Å²) in [6, 6.07) is 0. The number of hydrogen-bond acceptors (Lipinski definition) is 3. The normalized spacial score (nSPS) is 19.9. The van der Waals surface area contributed by atoms with E-state index in [4.69, 9.17) is 18.0 Å². The molecule has 0 saturated carbocycles. The van der Waals surface area contributed by atoms with Gasteiger partial charge in [-0.2, -0.15) is 13.2 Å². The number of piperazine rings is 1. The molecule has 0 radical (unpaired) electrons. The molecule has 1 aliphatic rings. The molecule has 3 nitrogen and oxygen atoms in total. The molecule has 0 aromatic carbocycles. The molecule has 0 bridgehead atoms. The zero-order valence-corrected chi connectivity index (χ0v) is 9.78. The van der Waals surface area contributed by atoms with Crippen molar-refractivity contribution < 1.29 is 13.2 Å². The molecule has 0 amide bonds. The van der Waals surface area contributed by atoms with Gasteiger partial charge < -0.3 is 10.6 Å². The average Bonchev–Trinajstić information content (AvgIpc) is 2.14. The van der Waals surface area contributed by atoms with E-state index in [9.17, 15) is 13.2 Å². The number of thiocarbonyl (C=S) groups is 1. The Kier molecular flexibility index (Phi) is 4.94. The predicted octanol–water partition coefficient (Wildman–Crippen LogP) is 0.843. The highest BCUT2D eigenvalue weighted by Gasteiger charge is 2.31. The molecule has 16 heavy (non-hydrogen) atoms. The van der Waals surface area contributed by atoms with Gasteiger partial charge in [-0.15, -0.1) is 0 Å². The van der Waals surface area contributed by atoms with Gasteiger partial charge in [0.25, 0.3) is 0 Å². The van der Waals surface area contributed by atoms with Crippen molar-refractivity contribution in [3.05, 3.63) is 0 Å². The van der Waals surface area contributed by atoms with Crippen molar-refractivity contribution in [3.63, 3.8) is 0 Å². The van der Waals surface area contributed by atoms with Crippen LogP contribution in [0.15, 0.2) is 0 Å². The van der Waals surface area contributed by atoms with Gasteiger partial charge in [-0.3, -0.25) is 4.90 Å². The first-order valence-corrected chi connectivity index (χ1v) is 5.57. The molecule has 0 spiro atoms. The Morgan fingerprint density at radius 3 is 2.06 bits per heavy atom. The number of alkyl halides is 3. The second-order valence-electron chi connectivity index (χ2n) is 3.95. The third kappa shape index (κ3) is 5.62. The summed E-state index contributed by atoms with van der Waals surface area (Å²) in [4.78, 5) is 3.97. The van der Waals surface area contributed by atoms with Gasteiger partial charge in [0.2, 0.25) is 0 Å². The van der Waals surface area contributed by atoms with Crippen molar-refractivity contribution in [2.75, 3.05) is 39.3 Å². The topological polar surface area (TPSA) is 32.5 Å². The summed E-state index contributed by atoms with van der Waals surface area (Å²) in [6.07, 6.45) is -3.46. The smallest absolute Gasteiger partial charge is 0.393 e. The van der Waals surface area contributed by atoms with Crippen molar-refractivity contribution in [3.8, 4) is 0 Å². The maximum absolute atomic E-state index is 12.1. The second-order valence-corrected chi connectivity index (χ2v) is 4.47. The predicted molar refractivity (Wildman–Crippen MR) is 60.3 cm³/mol. The van der Waals surface area contributed by atoms with E-state index in [1.165, 1.54) is 4.90 Å². The fourth-order valence-corrected chi connectivity index (χ4v) is 1.78. The molecule has 1 fully saturated rings. The maximum Gasteiger partial charge on any atom is 0.401 e. The van der Waals surface area contributed by atoms with Gasteiger partial charge in [-0.05, 0) is 0 Å². The summed E-state index contributed by atoms with van der Waals surface area (Å²) in [5.41, 5.74) is 5.37. The highest BCUT2D eigenvalue weighted by molar-refractivity contribution is 7.80. The van der Waals surface area contributed by atoms with Crippen molar-refractivity contribution in [1.29, 1.82) is 0 Å². The zero-order valence-electron chi connectivity index (χ0n) is 8.96. The van der Waals surface area contributed by atoms with E-state index < -0.39 is 12.7 Å². The summed E-state index contributed by atoms with van der Waals surface area (Å²) in [5.74, 6) is 0. The van der Waals surface area contributed by atoms with Crippen LogP contribution >= 0.6 is 12.2 Å². The first-order valence-electron chi connectivity index (χ1n) is 5.16. The number of halogens is 3. The molecule has 0 unspecified atom stereocenters. The fourth-order valence-electron chi connectivity index (χ4n) is 1.69. The highest BCUT2D eigenvalue weighted by atomic mass is 32.1. The minimum Gasteiger partial charge on any atom is -0.393 e. The molecule has 94 valence electrons. The van der Waals surface area contributed by atoms with Crippen LogP contribution in [0.25, 0.3) is 0 Å². The third-order valence-electron chi connectivity index (χ3n) is 2.54. The lowest BCUT2D eigenvalue weighted by Gasteiger charge is -2.34. The molecular weight excluding hydrogens is 239 g/mol. The third-order valence-corrected chi connectivity index (χ3v) is 2.75. The molecule has 1 heterocycles. The lowest BCUT2D eigenvalue weighted by Crippen LogP contribution is -2.49. The van der Waals surface area contributed by atoms with Crippen LogP contribution < -0.4 is 5.73 Å². The van der Waals surface area contributed by atoms with Gasteiger partial charge in [0.15, 0.2) is 0 Å². The summed E-state index contributed by atoms with van der Waals surface area (Å²) in [7, 11) is 0. The molecule has 0 atom stereocenters. The summed E-state index contributed by atoms with van der Waals surface area (Å²) in [6.45, 7) is 2.15. The van der Waals surface area contributed by atoms with Crippen LogP contribution in [0, 0.1) is 0 Å². The monoisotopic (exact) mass is 255 g/mol. The number of rotatable bonds is 4. The lowest BCUT2D eigenvalue weighted by atomic mass is 10.3. The Morgan fingerprint density at radius 2 is 1.62 bits per heavy atom. The van der Waals surface area contributed by atoms with Gasteiger partial charge in [-0.25, -0.2) is 0 Å². The van der Waals surface area contributed by atoms with Crippen LogP contribution in [-0.2, 0) is 0 Å². The Bertz CT molecular complexity index is 237. The van der Waals surface area contributed by atoms with Gasteiger partial charge in [-0.1, -0.05) is 12.2 Å². The first kappa shape index (κ1) is 13.7. The van der Waals surface area contributed by atoms with E-state index in [1.54, 1.807) is 0 Å². The van der Waals surface area contributed by atoms with Crippen molar-refractivity contribution in [2.24, 2.45) is 5.73 Å². The van der Waals surface area contributed by atoms with Crippen LogP contribution in [0.4, 0.5) is 13.2 Å². The van der Waals surface area contributed by atoms with Crippen molar-refractivity contribution in [1.82, 2.24) is 9.80 Å². The fraction of sp³-hybridized carbons (Fsp3) is 0.889. The molecule has 1 saturated heterocycles. The summed E-state index contributed by atoms with van der Waals surface area (Å²) in [5, 5.41) is 0. The van der Waals surface area contributed by atoms with Gasteiger partial charge in [0.1, 0.15) is 0 Å². The molecule has 1 aliphatic heterocycles. The van der Waals surface area contributed by atoms with E-state index in [0.717, 1.165) is 6.54 Å². The van der Waals surface area contributed by atoms with E-state index in [0.29, 0.717) is 37.6 Å². The Balaban J connectivity index is 2.21. The number of nitrogens with zero attached hydrogens (tertiary/aromatic N) is 2. The molecule has 0 aromatic rings. The number of hydrogen-bond donors (Lipinski definition) is 1. The molecule has 2 N–H and O–H groups in total. The quantitative estimate of drug-likeness (QED) is 0.755. The van der Waals surface area contributed by atoms with E-state index >= 15 is 0 Å². The standard InChI is InChI=1S/C9H16F3N3S/c10-9(11,12)7-15-5-3-14(4-6-15)2-1-8(13)16/h1-7H2,(H2,13,16). The van der Waals surface area contributed by atoms with Crippen LogP contribution in [0.5, 0.6) is 0 Å². The maximum atomic E-state index is 12.1. The SMILES string of the molecule is NC(=S)CCN1CCN(CC(F)(F)F)CC1. The zero-order chi connectivity index (χ0) is 12.2. The lowest BCUT2D eigenvalue weighted by molar-refractivity contribution is -0.149. The minimum absolute atomic E-state index is 0.455. The van der Waals surface area contributed by atoms with E-state index in [1.807, 2.05) is 0 Å². The van der Waals surface area contributed by atoms with Crippen LogP contribution in [-0.4, -0.2) is 60.2 Å². The Labute approximate surface area is 98.4 Å². The number of nitrogens with two attached hydrogens (primary N) is 1. The van der Waals surface area contributed by atoms with E-state index in [2.05, 4.69) is 4.90 Å².